The minimum atomic E-state index is 0.180. The van der Waals surface area contributed by atoms with Gasteiger partial charge in [-0.3, -0.25) is 0 Å². The summed E-state index contributed by atoms with van der Waals surface area (Å²) in [5.74, 6) is 0.180. The van der Waals surface area contributed by atoms with Crippen molar-refractivity contribution in [2.75, 3.05) is 24.6 Å². The number of hydrogen-bond donors (Lipinski definition) is 5. The molecule has 0 amide bonds. The van der Waals surface area contributed by atoms with Crippen LogP contribution in [-0.4, -0.2) is 18.2 Å². The minimum absolute atomic E-state index is 0.180. The van der Waals surface area contributed by atoms with Gasteiger partial charge in [0.15, 0.2) is 0 Å². The first-order chi connectivity index (χ1) is 9.08. The third kappa shape index (κ3) is 4.50. The lowest BCUT2D eigenvalue weighted by Gasteiger charge is -2.05. The summed E-state index contributed by atoms with van der Waals surface area (Å²) in [5.41, 5.74) is 23.9. The second kappa shape index (κ2) is 7.25. The van der Waals surface area contributed by atoms with Gasteiger partial charge in [-0.1, -0.05) is 12.1 Å². The van der Waals surface area contributed by atoms with Crippen molar-refractivity contribution in [1.82, 2.24) is 0 Å². The normalized spacial score (nSPS) is 9.58. The summed E-state index contributed by atoms with van der Waals surface area (Å²) in [4.78, 5) is 0. The maximum atomic E-state index is 9.70. The molecule has 2 rings (SSSR count). The van der Waals surface area contributed by atoms with Crippen LogP contribution in [0.25, 0.3) is 11.1 Å². The predicted octanol–water partition coefficient (Wildman–Crippen LogP) is 1.13. The zero-order valence-electron chi connectivity index (χ0n) is 10.7. The van der Waals surface area contributed by atoms with Crippen molar-refractivity contribution in [2.45, 2.75) is 0 Å². The van der Waals surface area contributed by atoms with Gasteiger partial charge in [0.25, 0.3) is 0 Å². The topological polar surface area (TPSA) is 124 Å². The van der Waals surface area contributed by atoms with Crippen LogP contribution in [0.4, 0.5) is 11.4 Å². The first kappa shape index (κ1) is 14.8. The van der Waals surface area contributed by atoms with E-state index in [1.807, 2.05) is 12.1 Å². The molecule has 0 radical (unpaired) electrons. The monoisotopic (exact) mass is 260 g/mol. The zero-order chi connectivity index (χ0) is 14.3. The first-order valence-electron chi connectivity index (χ1n) is 5.93. The molecule has 0 fully saturated rings. The van der Waals surface area contributed by atoms with Gasteiger partial charge in [-0.05, 0) is 29.8 Å². The Morgan fingerprint density at radius 3 is 1.79 bits per heavy atom. The molecule has 0 saturated carbocycles. The van der Waals surface area contributed by atoms with E-state index in [1.54, 1.807) is 24.3 Å². The molecule has 0 atom stereocenters. The van der Waals surface area contributed by atoms with Crippen LogP contribution in [0, 0.1) is 0 Å². The molecular formula is C14H20N4O. The summed E-state index contributed by atoms with van der Waals surface area (Å²) in [6, 6.07) is 12.4. The Bertz CT molecular complexity index is 509. The number of aromatic hydroxyl groups is 1. The number of rotatable bonds is 2. The van der Waals surface area contributed by atoms with Crippen molar-refractivity contribution in [2.24, 2.45) is 11.5 Å². The summed E-state index contributed by atoms with van der Waals surface area (Å²) in [6.45, 7) is 1.19. The Morgan fingerprint density at radius 1 is 0.789 bits per heavy atom. The van der Waals surface area contributed by atoms with E-state index < -0.39 is 0 Å². The van der Waals surface area contributed by atoms with Crippen molar-refractivity contribution in [3.8, 4) is 16.9 Å². The molecule has 0 aliphatic carbocycles. The van der Waals surface area contributed by atoms with E-state index in [9.17, 15) is 5.11 Å². The van der Waals surface area contributed by atoms with Gasteiger partial charge in [0.1, 0.15) is 5.75 Å². The number of nitrogens with two attached hydrogens (primary N) is 4. The number of hydrogen-bond acceptors (Lipinski definition) is 5. The Morgan fingerprint density at radius 2 is 1.32 bits per heavy atom. The molecule has 19 heavy (non-hydrogen) atoms. The molecule has 0 unspecified atom stereocenters. The summed E-state index contributed by atoms with van der Waals surface area (Å²) in [6.07, 6.45) is 0. The predicted molar refractivity (Wildman–Crippen MR) is 80.5 cm³/mol. The lowest BCUT2D eigenvalue weighted by atomic mass is 10.0. The first-order valence-corrected chi connectivity index (χ1v) is 5.93. The van der Waals surface area contributed by atoms with E-state index >= 15 is 0 Å². The van der Waals surface area contributed by atoms with Crippen LogP contribution >= 0.6 is 0 Å². The molecule has 0 saturated heterocycles. The average Bonchev–Trinajstić information content (AvgIpc) is 2.40. The Labute approximate surface area is 112 Å². The molecule has 0 heterocycles. The van der Waals surface area contributed by atoms with Crippen molar-refractivity contribution >= 4 is 11.4 Å². The van der Waals surface area contributed by atoms with Crippen LogP contribution < -0.4 is 22.9 Å². The highest BCUT2D eigenvalue weighted by Crippen LogP contribution is 2.30. The van der Waals surface area contributed by atoms with Crippen LogP contribution in [0.5, 0.6) is 5.75 Å². The molecular weight excluding hydrogens is 240 g/mol. The minimum Gasteiger partial charge on any atom is -0.507 e. The summed E-state index contributed by atoms with van der Waals surface area (Å²) in [7, 11) is 0. The molecule has 5 heteroatoms. The van der Waals surface area contributed by atoms with E-state index in [4.69, 9.17) is 22.9 Å². The van der Waals surface area contributed by atoms with Crippen molar-refractivity contribution in [3.05, 3.63) is 42.5 Å². The van der Waals surface area contributed by atoms with E-state index in [-0.39, 0.29) is 5.75 Å². The number of anilines is 2. The lowest BCUT2D eigenvalue weighted by molar-refractivity contribution is 0.477. The quantitative estimate of drug-likeness (QED) is 0.518. The molecule has 0 bridgehead atoms. The number of phenolic OH excluding ortho intramolecular Hbond substituents is 1. The number of nitrogen functional groups attached to an aromatic ring is 2. The van der Waals surface area contributed by atoms with E-state index in [0.29, 0.717) is 24.5 Å². The second-order valence-electron chi connectivity index (χ2n) is 3.98. The fourth-order valence-corrected chi connectivity index (χ4v) is 1.46. The SMILES string of the molecule is NCCN.Nc1ccc(-c2ccc(N)cc2O)cc1. The van der Waals surface area contributed by atoms with E-state index in [0.717, 1.165) is 11.1 Å². The number of phenols is 1. The second-order valence-corrected chi connectivity index (χ2v) is 3.98. The molecule has 0 aliphatic heterocycles. The van der Waals surface area contributed by atoms with Crippen LogP contribution in [0.2, 0.25) is 0 Å². The van der Waals surface area contributed by atoms with Crippen molar-refractivity contribution in [3.63, 3.8) is 0 Å². The van der Waals surface area contributed by atoms with Crippen LogP contribution in [0.3, 0.4) is 0 Å². The highest BCUT2D eigenvalue weighted by Gasteiger charge is 2.03. The molecule has 0 aliphatic rings. The summed E-state index contributed by atoms with van der Waals surface area (Å²) >= 11 is 0. The van der Waals surface area contributed by atoms with Crippen LogP contribution in [0.1, 0.15) is 0 Å². The summed E-state index contributed by atoms with van der Waals surface area (Å²) < 4.78 is 0. The van der Waals surface area contributed by atoms with E-state index in [2.05, 4.69) is 0 Å². The van der Waals surface area contributed by atoms with Gasteiger partial charge in [-0.15, -0.1) is 0 Å². The largest absolute Gasteiger partial charge is 0.507 e. The van der Waals surface area contributed by atoms with Gasteiger partial charge in [-0.25, -0.2) is 0 Å². The van der Waals surface area contributed by atoms with Crippen molar-refractivity contribution < 1.29 is 5.11 Å². The average molecular weight is 260 g/mol. The third-order valence-corrected chi connectivity index (χ3v) is 2.41. The Kier molecular flexibility index (Phi) is 5.66. The molecule has 2 aromatic carbocycles. The van der Waals surface area contributed by atoms with Gasteiger partial charge in [0, 0.05) is 36.1 Å². The Hall–Kier alpha value is -2.24. The van der Waals surface area contributed by atoms with Gasteiger partial charge in [0.2, 0.25) is 0 Å². The zero-order valence-corrected chi connectivity index (χ0v) is 10.7. The van der Waals surface area contributed by atoms with Crippen LogP contribution in [-0.2, 0) is 0 Å². The van der Waals surface area contributed by atoms with E-state index in [1.165, 1.54) is 6.07 Å². The molecule has 5 nitrogen and oxygen atoms in total. The van der Waals surface area contributed by atoms with Gasteiger partial charge >= 0.3 is 0 Å². The maximum absolute atomic E-state index is 9.70. The fourth-order valence-electron chi connectivity index (χ4n) is 1.46. The standard InChI is InChI=1S/C12H12N2O.C2H8N2/c13-9-3-1-8(2-4-9)11-6-5-10(14)7-12(11)15;3-1-2-4/h1-7,15H,13-14H2;1-4H2. The smallest absolute Gasteiger partial charge is 0.125 e. The molecule has 0 spiro atoms. The third-order valence-electron chi connectivity index (χ3n) is 2.41. The van der Waals surface area contributed by atoms with Crippen LogP contribution in [0.15, 0.2) is 42.5 Å². The fraction of sp³-hybridized carbons (Fsp3) is 0.143. The highest BCUT2D eigenvalue weighted by molar-refractivity contribution is 5.73. The maximum Gasteiger partial charge on any atom is 0.125 e. The highest BCUT2D eigenvalue weighted by atomic mass is 16.3. The molecule has 0 aromatic heterocycles. The molecule has 9 N–H and O–H groups in total. The van der Waals surface area contributed by atoms with Crippen molar-refractivity contribution in [1.29, 1.82) is 0 Å². The molecule has 102 valence electrons. The Balaban J connectivity index is 0.000000399. The van der Waals surface area contributed by atoms with Gasteiger partial charge in [0.05, 0.1) is 0 Å². The lowest BCUT2D eigenvalue weighted by Crippen LogP contribution is -2.11. The van der Waals surface area contributed by atoms with Gasteiger partial charge in [-0.2, -0.15) is 0 Å². The number of benzene rings is 2. The molecule has 2 aromatic rings. The summed E-state index contributed by atoms with van der Waals surface area (Å²) in [5, 5.41) is 9.70. The van der Waals surface area contributed by atoms with Gasteiger partial charge < -0.3 is 28.0 Å².